The highest BCUT2D eigenvalue weighted by Crippen LogP contribution is 2.23. The van der Waals surface area contributed by atoms with Gasteiger partial charge in [-0.2, -0.15) is 0 Å². The zero-order valence-electron chi connectivity index (χ0n) is 11.7. The van der Waals surface area contributed by atoms with Gasteiger partial charge in [-0.1, -0.05) is 19.3 Å². The predicted octanol–water partition coefficient (Wildman–Crippen LogP) is 3.03. The SMILES string of the molecule is O=C(Nc1cc(F)ccc1F)NC1CCCCCC1CO. The molecule has 6 heteroatoms. The van der Waals surface area contributed by atoms with Gasteiger partial charge in [0, 0.05) is 24.6 Å². The van der Waals surface area contributed by atoms with Gasteiger partial charge in [-0.3, -0.25) is 0 Å². The van der Waals surface area contributed by atoms with Crippen LogP contribution in [-0.2, 0) is 0 Å². The molecule has 0 heterocycles. The maximum absolute atomic E-state index is 13.5. The zero-order chi connectivity index (χ0) is 15.2. The fourth-order valence-corrected chi connectivity index (χ4v) is 2.71. The third-order valence-corrected chi connectivity index (χ3v) is 3.89. The number of rotatable bonds is 3. The Bertz CT molecular complexity index is 497. The number of amides is 2. The van der Waals surface area contributed by atoms with Crippen molar-refractivity contribution in [3.05, 3.63) is 29.8 Å². The standard InChI is InChI=1S/C15H20F2N2O2/c16-11-6-7-12(17)14(8-11)19-15(21)18-13-5-3-1-2-4-10(13)9-20/h6-8,10,13,20H,1-5,9H2,(H2,18,19,21). The third-order valence-electron chi connectivity index (χ3n) is 3.89. The van der Waals surface area contributed by atoms with E-state index in [1.807, 2.05) is 0 Å². The van der Waals surface area contributed by atoms with Crippen LogP contribution in [0.25, 0.3) is 0 Å². The van der Waals surface area contributed by atoms with Crippen molar-refractivity contribution in [3.63, 3.8) is 0 Å². The van der Waals surface area contributed by atoms with E-state index >= 15 is 0 Å². The highest BCUT2D eigenvalue weighted by molar-refractivity contribution is 5.89. The van der Waals surface area contributed by atoms with Crippen LogP contribution in [0.2, 0.25) is 0 Å². The minimum absolute atomic E-state index is 0.00982. The van der Waals surface area contributed by atoms with Gasteiger partial charge in [0.2, 0.25) is 0 Å². The maximum atomic E-state index is 13.5. The molecular formula is C15H20F2N2O2. The lowest BCUT2D eigenvalue weighted by Crippen LogP contribution is -2.43. The second-order valence-electron chi connectivity index (χ2n) is 5.41. The highest BCUT2D eigenvalue weighted by atomic mass is 19.1. The number of aliphatic hydroxyl groups excluding tert-OH is 1. The first-order chi connectivity index (χ1) is 10.1. The average molecular weight is 298 g/mol. The second kappa shape index (κ2) is 7.36. The molecule has 2 rings (SSSR count). The fourth-order valence-electron chi connectivity index (χ4n) is 2.71. The molecule has 1 aromatic carbocycles. The van der Waals surface area contributed by atoms with Crippen molar-refractivity contribution in [2.24, 2.45) is 5.92 Å². The van der Waals surface area contributed by atoms with Crippen LogP contribution >= 0.6 is 0 Å². The van der Waals surface area contributed by atoms with Crippen molar-refractivity contribution in [2.75, 3.05) is 11.9 Å². The van der Waals surface area contributed by atoms with Crippen molar-refractivity contribution in [1.29, 1.82) is 0 Å². The molecule has 0 aromatic heterocycles. The van der Waals surface area contributed by atoms with Crippen LogP contribution in [0.4, 0.5) is 19.3 Å². The first kappa shape index (κ1) is 15.7. The number of urea groups is 1. The van der Waals surface area contributed by atoms with E-state index in [9.17, 15) is 18.7 Å². The largest absolute Gasteiger partial charge is 0.396 e. The number of aliphatic hydroxyl groups is 1. The number of carbonyl (C=O) groups excluding carboxylic acids is 1. The van der Waals surface area contributed by atoms with Crippen LogP contribution in [0.1, 0.15) is 32.1 Å². The Morgan fingerprint density at radius 3 is 2.76 bits per heavy atom. The van der Waals surface area contributed by atoms with Crippen LogP contribution in [0.5, 0.6) is 0 Å². The van der Waals surface area contributed by atoms with Crippen molar-refractivity contribution >= 4 is 11.7 Å². The van der Waals surface area contributed by atoms with Gasteiger partial charge >= 0.3 is 6.03 Å². The molecule has 2 atom stereocenters. The van der Waals surface area contributed by atoms with E-state index in [4.69, 9.17) is 0 Å². The Morgan fingerprint density at radius 1 is 1.24 bits per heavy atom. The molecule has 1 aliphatic rings. The molecule has 3 N–H and O–H groups in total. The van der Waals surface area contributed by atoms with Gasteiger partial charge in [0.05, 0.1) is 5.69 Å². The number of carbonyl (C=O) groups is 1. The van der Waals surface area contributed by atoms with Crippen LogP contribution in [0.3, 0.4) is 0 Å². The molecule has 0 bridgehead atoms. The topological polar surface area (TPSA) is 61.4 Å². The van der Waals surface area contributed by atoms with Gasteiger partial charge < -0.3 is 15.7 Å². The van der Waals surface area contributed by atoms with Crippen molar-refractivity contribution in [3.8, 4) is 0 Å². The van der Waals surface area contributed by atoms with E-state index in [1.54, 1.807) is 0 Å². The van der Waals surface area contributed by atoms with Gasteiger partial charge in [0.1, 0.15) is 11.6 Å². The normalized spacial score (nSPS) is 22.4. The molecule has 1 aliphatic carbocycles. The number of hydrogen-bond donors (Lipinski definition) is 3. The molecule has 1 fully saturated rings. The minimum Gasteiger partial charge on any atom is -0.396 e. The Hall–Kier alpha value is -1.69. The summed E-state index contributed by atoms with van der Waals surface area (Å²) in [5, 5.41) is 14.5. The second-order valence-corrected chi connectivity index (χ2v) is 5.41. The molecule has 21 heavy (non-hydrogen) atoms. The Kier molecular flexibility index (Phi) is 5.50. The predicted molar refractivity (Wildman–Crippen MR) is 76.0 cm³/mol. The highest BCUT2D eigenvalue weighted by Gasteiger charge is 2.24. The first-order valence-electron chi connectivity index (χ1n) is 7.23. The number of anilines is 1. The molecular weight excluding hydrogens is 278 g/mol. The van der Waals surface area contributed by atoms with E-state index in [0.717, 1.165) is 50.3 Å². The van der Waals surface area contributed by atoms with Gasteiger partial charge in [0.25, 0.3) is 0 Å². The lowest BCUT2D eigenvalue weighted by atomic mass is 9.96. The summed E-state index contributed by atoms with van der Waals surface area (Å²) in [6.07, 6.45) is 4.73. The number of benzene rings is 1. The van der Waals surface area contributed by atoms with E-state index < -0.39 is 17.7 Å². The van der Waals surface area contributed by atoms with E-state index in [-0.39, 0.29) is 24.3 Å². The van der Waals surface area contributed by atoms with E-state index in [2.05, 4.69) is 10.6 Å². The molecule has 2 amide bonds. The Morgan fingerprint density at radius 2 is 2.00 bits per heavy atom. The third kappa shape index (κ3) is 4.39. The van der Waals surface area contributed by atoms with E-state index in [0.29, 0.717) is 0 Å². The molecule has 116 valence electrons. The summed E-state index contributed by atoms with van der Waals surface area (Å²) in [5.41, 5.74) is -0.193. The van der Waals surface area contributed by atoms with Crippen LogP contribution in [0, 0.1) is 17.6 Å². The monoisotopic (exact) mass is 298 g/mol. The minimum atomic E-state index is -0.689. The molecule has 2 unspecified atom stereocenters. The number of nitrogens with one attached hydrogen (secondary N) is 2. The summed E-state index contributed by atoms with van der Waals surface area (Å²) in [5.74, 6) is -1.30. The maximum Gasteiger partial charge on any atom is 0.319 e. The quantitative estimate of drug-likeness (QED) is 0.751. The molecule has 0 radical (unpaired) electrons. The van der Waals surface area contributed by atoms with Crippen molar-refractivity contribution in [2.45, 2.75) is 38.1 Å². The van der Waals surface area contributed by atoms with Crippen LogP contribution < -0.4 is 10.6 Å². The van der Waals surface area contributed by atoms with E-state index in [1.165, 1.54) is 0 Å². The van der Waals surface area contributed by atoms with Crippen molar-refractivity contribution in [1.82, 2.24) is 5.32 Å². The zero-order valence-corrected chi connectivity index (χ0v) is 11.7. The summed E-state index contributed by atoms with van der Waals surface area (Å²) >= 11 is 0. The van der Waals surface area contributed by atoms with Gasteiger partial charge in [-0.25, -0.2) is 13.6 Å². The lowest BCUT2D eigenvalue weighted by molar-refractivity contribution is 0.182. The summed E-state index contributed by atoms with van der Waals surface area (Å²) in [6.45, 7) is 0.0132. The van der Waals surface area contributed by atoms with Crippen molar-refractivity contribution < 1.29 is 18.7 Å². The average Bonchev–Trinajstić information content (AvgIpc) is 2.68. The molecule has 1 aromatic rings. The van der Waals surface area contributed by atoms with Crippen LogP contribution in [-0.4, -0.2) is 23.8 Å². The molecule has 4 nitrogen and oxygen atoms in total. The molecule has 0 aliphatic heterocycles. The summed E-state index contributed by atoms with van der Waals surface area (Å²) in [7, 11) is 0. The Balaban J connectivity index is 1.98. The molecule has 0 spiro atoms. The van der Waals surface area contributed by atoms with Gasteiger partial charge in [-0.15, -0.1) is 0 Å². The van der Waals surface area contributed by atoms with Gasteiger partial charge in [0.15, 0.2) is 0 Å². The lowest BCUT2D eigenvalue weighted by Gasteiger charge is -2.24. The van der Waals surface area contributed by atoms with Crippen LogP contribution in [0.15, 0.2) is 18.2 Å². The number of hydrogen-bond acceptors (Lipinski definition) is 2. The molecule has 0 saturated heterocycles. The summed E-state index contributed by atoms with van der Waals surface area (Å²) < 4.78 is 26.5. The fraction of sp³-hybridized carbons (Fsp3) is 0.533. The summed E-state index contributed by atoms with van der Waals surface area (Å²) in [6, 6.07) is 2.17. The van der Waals surface area contributed by atoms with Gasteiger partial charge in [-0.05, 0) is 25.0 Å². The first-order valence-corrected chi connectivity index (χ1v) is 7.23. The summed E-state index contributed by atoms with van der Waals surface area (Å²) in [4.78, 5) is 11.9. The number of halogens is 2. The Labute approximate surface area is 122 Å². The molecule has 1 saturated carbocycles. The smallest absolute Gasteiger partial charge is 0.319 e.